The first-order valence-electron chi connectivity index (χ1n) is 16.1. The molecule has 5 fully saturated rings. The van der Waals surface area contributed by atoms with Gasteiger partial charge in [-0.15, -0.1) is 0 Å². The van der Waals surface area contributed by atoms with E-state index in [9.17, 15) is 14.4 Å². The van der Waals surface area contributed by atoms with Crippen molar-refractivity contribution in [1.29, 1.82) is 0 Å². The van der Waals surface area contributed by atoms with Crippen molar-refractivity contribution in [1.82, 2.24) is 4.90 Å². The quantitative estimate of drug-likeness (QED) is 0.144. The van der Waals surface area contributed by atoms with E-state index in [1.165, 1.54) is 19.3 Å². The summed E-state index contributed by atoms with van der Waals surface area (Å²) in [6, 6.07) is 0. The number of fused-ring (bicyclic) bond motifs is 1. The van der Waals surface area contributed by atoms with Crippen LogP contribution < -0.4 is 9.47 Å². The number of esters is 3. The van der Waals surface area contributed by atoms with E-state index < -0.39 is 11.4 Å². The lowest BCUT2D eigenvalue weighted by molar-refractivity contribution is -0.161. The standard InChI is InChI=1S/C34H45NO8/c1-22-27-21-42-32(37)29(27)31(43-33(38)34-18-23-15-24(19-34)17-25(16-23)20-34)26(30(22)39-2)7-4-3-5-8-28(36)41-12-6-9-35-10-13-40-14-11-35/h3-4,23-25H,5-21H2,1-2H3/b4-3+. The molecule has 4 saturated carbocycles. The Morgan fingerprint density at radius 3 is 2.40 bits per heavy atom. The third-order valence-corrected chi connectivity index (χ3v) is 10.3. The summed E-state index contributed by atoms with van der Waals surface area (Å²) in [6.07, 6.45) is 12.2. The maximum atomic E-state index is 14.0. The summed E-state index contributed by atoms with van der Waals surface area (Å²) in [5, 5.41) is 0. The Labute approximate surface area is 254 Å². The van der Waals surface area contributed by atoms with Gasteiger partial charge < -0.3 is 23.7 Å². The van der Waals surface area contributed by atoms with Gasteiger partial charge >= 0.3 is 17.9 Å². The molecule has 1 aromatic rings. The Morgan fingerprint density at radius 1 is 1.02 bits per heavy atom. The zero-order valence-corrected chi connectivity index (χ0v) is 25.6. The van der Waals surface area contributed by atoms with Gasteiger partial charge in [0.1, 0.15) is 17.9 Å². The average molecular weight is 596 g/mol. The maximum absolute atomic E-state index is 14.0. The monoisotopic (exact) mass is 595 g/mol. The van der Waals surface area contributed by atoms with Gasteiger partial charge in [-0.25, -0.2) is 4.79 Å². The maximum Gasteiger partial charge on any atom is 0.342 e. The van der Waals surface area contributed by atoms with Crippen molar-refractivity contribution in [2.45, 2.75) is 77.7 Å². The molecule has 234 valence electrons. The van der Waals surface area contributed by atoms with E-state index in [1.807, 2.05) is 19.1 Å². The Morgan fingerprint density at radius 2 is 1.72 bits per heavy atom. The number of cyclic esters (lactones) is 1. The first-order valence-corrected chi connectivity index (χ1v) is 16.1. The normalized spacial score (nSPS) is 27.8. The Kier molecular flexibility index (Phi) is 9.10. The largest absolute Gasteiger partial charge is 0.496 e. The zero-order chi connectivity index (χ0) is 30.0. The average Bonchev–Trinajstić information content (AvgIpc) is 3.38. The van der Waals surface area contributed by atoms with E-state index in [0.29, 0.717) is 54.1 Å². The van der Waals surface area contributed by atoms with Crippen LogP contribution in [0.4, 0.5) is 0 Å². The van der Waals surface area contributed by atoms with Gasteiger partial charge in [0.2, 0.25) is 0 Å². The zero-order valence-electron chi connectivity index (χ0n) is 25.6. The molecule has 0 radical (unpaired) electrons. The van der Waals surface area contributed by atoms with Crippen LogP contribution in [0.3, 0.4) is 0 Å². The Hall–Kier alpha value is -2.91. The van der Waals surface area contributed by atoms with Crippen LogP contribution >= 0.6 is 0 Å². The van der Waals surface area contributed by atoms with Gasteiger partial charge in [0, 0.05) is 37.2 Å². The first kappa shape index (κ1) is 30.1. The number of rotatable bonds is 12. The molecule has 6 aliphatic rings. The minimum absolute atomic E-state index is 0.142. The topological polar surface area (TPSA) is 101 Å². The van der Waals surface area contributed by atoms with Crippen LogP contribution in [0.1, 0.15) is 84.8 Å². The van der Waals surface area contributed by atoms with E-state index in [0.717, 1.165) is 69.7 Å². The highest BCUT2D eigenvalue weighted by Gasteiger charge is 2.56. The molecule has 7 rings (SSSR count). The number of benzene rings is 1. The molecule has 4 bridgehead atoms. The third kappa shape index (κ3) is 6.34. The minimum atomic E-state index is -0.462. The first-order chi connectivity index (χ1) is 20.9. The summed E-state index contributed by atoms with van der Waals surface area (Å²) in [5.74, 6) is 1.80. The number of methoxy groups -OCH3 is 1. The van der Waals surface area contributed by atoms with Crippen molar-refractivity contribution in [3.05, 3.63) is 34.4 Å². The number of morpholine rings is 1. The van der Waals surface area contributed by atoms with Crippen LogP contribution in [-0.2, 0) is 36.8 Å². The van der Waals surface area contributed by atoms with Gasteiger partial charge in [-0.3, -0.25) is 14.5 Å². The molecule has 43 heavy (non-hydrogen) atoms. The van der Waals surface area contributed by atoms with Crippen molar-refractivity contribution in [2.75, 3.05) is 46.6 Å². The van der Waals surface area contributed by atoms with Crippen LogP contribution in [-0.4, -0.2) is 69.4 Å². The van der Waals surface area contributed by atoms with Crippen molar-refractivity contribution in [2.24, 2.45) is 23.2 Å². The fraction of sp³-hybridized carbons (Fsp3) is 0.676. The van der Waals surface area contributed by atoms with Crippen molar-refractivity contribution >= 4 is 17.9 Å². The van der Waals surface area contributed by atoms with E-state index in [1.54, 1.807) is 7.11 Å². The molecule has 0 unspecified atom stereocenters. The fourth-order valence-corrected chi connectivity index (χ4v) is 8.58. The third-order valence-electron chi connectivity index (χ3n) is 10.3. The molecule has 2 aliphatic heterocycles. The predicted octanol–water partition coefficient (Wildman–Crippen LogP) is 4.94. The molecule has 0 spiro atoms. The number of allylic oxidation sites excluding steroid dienone is 2. The summed E-state index contributed by atoms with van der Waals surface area (Å²) in [5.41, 5.74) is 2.09. The molecule has 0 N–H and O–H groups in total. The molecule has 9 nitrogen and oxygen atoms in total. The fourth-order valence-electron chi connectivity index (χ4n) is 8.58. The Bertz CT molecular complexity index is 1230. The highest BCUT2D eigenvalue weighted by Crippen LogP contribution is 2.60. The van der Waals surface area contributed by atoms with Crippen LogP contribution in [0.2, 0.25) is 0 Å². The number of carbonyl (C=O) groups excluding carboxylic acids is 3. The van der Waals surface area contributed by atoms with Crippen molar-refractivity contribution in [3.8, 4) is 11.5 Å². The molecule has 0 atom stereocenters. The Balaban J connectivity index is 1.11. The molecule has 2 heterocycles. The van der Waals surface area contributed by atoms with E-state index >= 15 is 0 Å². The lowest BCUT2D eigenvalue weighted by Crippen LogP contribution is -2.51. The van der Waals surface area contributed by atoms with Crippen molar-refractivity contribution < 1.29 is 38.1 Å². The van der Waals surface area contributed by atoms with Crippen LogP contribution in [0, 0.1) is 30.1 Å². The SMILES string of the molecule is COc1c(C)c2c(c(OC(=O)C34CC5CC(CC(C5)C3)C4)c1C/C=C/CCC(=O)OCCCN1CCOCC1)C(=O)OC2. The molecule has 1 aromatic carbocycles. The second kappa shape index (κ2) is 13.0. The molecular weight excluding hydrogens is 550 g/mol. The molecule has 4 aliphatic carbocycles. The van der Waals surface area contributed by atoms with Gasteiger partial charge in [-0.1, -0.05) is 12.2 Å². The van der Waals surface area contributed by atoms with Crippen LogP contribution in [0.25, 0.3) is 0 Å². The highest BCUT2D eigenvalue weighted by molar-refractivity contribution is 5.99. The molecular formula is C34H45NO8. The highest BCUT2D eigenvalue weighted by atomic mass is 16.6. The number of hydrogen-bond acceptors (Lipinski definition) is 9. The van der Waals surface area contributed by atoms with Gasteiger partial charge in [0.25, 0.3) is 0 Å². The van der Waals surface area contributed by atoms with Crippen molar-refractivity contribution in [3.63, 3.8) is 0 Å². The molecule has 1 saturated heterocycles. The molecule has 9 heteroatoms. The predicted molar refractivity (Wildman–Crippen MR) is 158 cm³/mol. The number of ether oxygens (including phenoxy) is 5. The minimum Gasteiger partial charge on any atom is -0.496 e. The molecule has 0 aromatic heterocycles. The molecule has 0 amide bonds. The van der Waals surface area contributed by atoms with Gasteiger partial charge in [0.05, 0.1) is 32.3 Å². The summed E-state index contributed by atoms with van der Waals surface area (Å²) >= 11 is 0. The number of carbonyl (C=O) groups is 3. The summed E-state index contributed by atoms with van der Waals surface area (Å²) in [4.78, 5) is 41.5. The second-order valence-electron chi connectivity index (χ2n) is 13.2. The van der Waals surface area contributed by atoms with Crippen LogP contribution in [0.5, 0.6) is 11.5 Å². The van der Waals surface area contributed by atoms with Gasteiger partial charge in [-0.2, -0.15) is 0 Å². The van der Waals surface area contributed by atoms with E-state index in [2.05, 4.69) is 4.90 Å². The number of nitrogens with zero attached hydrogens (tertiary/aromatic N) is 1. The summed E-state index contributed by atoms with van der Waals surface area (Å²) in [7, 11) is 1.60. The van der Waals surface area contributed by atoms with Gasteiger partial charge in [-0.05, 0) is 88.0 Å². The number of hydrogen-bond donors (Lipinski definition) is 0. The van der Waals surface area contributed by atoms with E-state index in [-0.39, 0.29) is 30.7 Å². The van der Waals surface area contributed by atoms with E-state index in [4.69, 9.17) is 23.7 Å². The lowest BCUT2D eigenvalue weighted by atomic mass is 9.49. The smallest absolute Gasteiger partial charge is 0.342 e. The second-order valence-corrected chi connectivity index (χ2v) is 13.2. The summed E-state index contributed by atoms with van der Waals surface area (Å²) < 4.78 is 28.3. The van der Waals surface area contributed by atoms with Crippen LogP contribution in [0.15, 0.2) is 12.2 Å². The lowest BCUT2D eigenvalue weighted by Gasteiger charge is -2.55. The summed E-state index contributed by atoms with van der Waals surface area (Å²) in [6.45, 7) is 6.75. The van der Waals surface area contributed by atoms with Gasteiger partial charge in [0.15, 0.2) is 5.75 Å².